The molecule has 1 fully saturated rings. The van der Waals surface area contributed by atoms with Crippen LogP contribution in [0, 0.1) is 0 Å². The van der Waals surface area contributed by atoms with Crippen molar-refractivity contribution in [1.29, 1.82) is 0 Å². The molecule has 0 saturated heterocycles. The third kappa shape index (κ3) is 3.64. The first kappa shape index (κ1) is 11.5. The summed E-state index contributed by atoms with van der Waals surface area (Å²) in [6, 6.07) is 0.582. The number of likely N-dealkylation sites (N-methyl/N-ethyl adjacent to an activating group) is 1. The van der Waals surface area contributed by atoms with E-state index in [-0.39, 0.29) is 11.9 Å². The van der Waals surface area contributed by atoms with Gasteiger partial charge in [0.2, 0.25) is 5.91 Å². The Balaban J connectivity index is 2.09. The van der Waals surface area contributed by atoms with Crippen molar-refractivity contribution in [3.05, 3.63) is 0 Å². The summed E-state index contributed by atoms with van der Waals surface area (Å²) in [7, 11) is 0. The summed E-state index contributed by atoms with van der Waals surface area (Å²) >= 11 is 0. The second kappa shape index (κ2) is 5.32. The maximum Gasteiger partial charge on any atom is 0.234 e. The molecule has 1 unspecified atom stereocenters. The van der Waals surface area contributed by atoms with Crippen LogP contribution in [0.5, 0.6) is 0 Å². The largest absolute Gasteiger partial charge is 0.368 e. The van der Waals surface area contributed by atoms with Gasteiger partial charge in [-0.1, -0.05) is 6.92 Å². The predicted molar refractivity (Wildman–Crippen MR) is 56.9 cm³/mol. The molecule has 0 aromatic rings. The molecule has 0 aromatic heterocycles. The van der Waals surface area contributed by atoms with E-state index in [1.54, 1.807) is 6.92 Å². The Morgan fingerprint density at radius 2 is 2.29 bits per heavy atom. The standard InChI is InChI=1S/C10H21N3O/c1-3-13(9-4-5-9)7-6-12-8(2)10(11)14/h8-9,12H,3-7H2,1-2H3,(H2,11,14). The Morgan fingerprint density at radius 1 is 1.64 bits per heavy atom. The molecule has 14 heavy (non-hydrogen) atoms. The van der Waals surface area contributed by atoms with Crippen LogP contribution in [0.4, 0.5) is 0 Å². The smallest absolute Gasteiger partial charge is 0.234 e. The van der Waals surface area contributed by atoms with Crippen LogP contribution >= 0.6 is 0 Å². The lowest BCUT2D eigenvalue weighted by molar-refractivity contribution is -0.119. The first-order chi connectivity index (χ1) is 6.65. The number of nitrogens with two attached hydrogens (primary N) is 1. The summed E-state index contributed by atoms with van der Waals surface area (Å²) in [5, 5.41) is 3.11. The highest BCUT2D eigenvalue weighted by Gasteiger charge is 2.27. The highest BCUT2D eigenvalue weighted by molar-refractivity contribution is 5.79. The zero-order valence-corrected chi connectivity index (χ0v) is 9.12. The average Bonchev–Trinajstić information content (AvgIpc) is 2.95. The third-order valence-corrected chi connectivity index (χ3v) is 2.75. The van der Waals surface area contributed by atoms with Crippen molar-refractivity contribution in [3.8, 4) is 0 Å². The van der Waals surface area contributed by atoms with Gasteiger partial charge in [-0.25, -0.2) is 0 Å². The zero-order valence-electron chi connectivity index (χ0n) is 9.12. The van der Waals surface area contributed by atoms with E-state index in [0.29, 0.717) is 0 Å². The first-order valence-electron chi connectivity index (χ1n) is 5.42. The number of amides is 1. The van der Waals surface area contributed by atoms with Gasteiger partial charge in [-0.05, 0) is 26.3 Å². The third-order valence-electron chi connectivity index (χ3n) is 2.75. The van der Waals surface area contributed by atoms with E-state index in [9.17, 15) is 4.79 Å². The van der Waals surface area contributed by atoms with Crippen LogP contribution in [-0.2, 0) is 4.79 Å². The molecule has 1 amide bonds. The van der Waals surface area contributed by atoms with Crippen LogP contribution in [0.25, 0.3) is 0 Å². The normalized spacial score (nSPS) is 18.5. The second-order valence-electron chi connectivity index (χ2n) is 3.94. The first-order valence-corrected chi connectivity index (χ1v) is 5.42. The Bertz CT molecular complexity index is 192. The van der Waals surface area contributed by atoms with Crippen LogP contribution < -0.4 is 11.1 Å². The molecule has 1 rings (SSSR count). The van der Waals surface area contributed by atoms with Crippen molar-refractivity contribution in [1.82, 2.24) is 10.2 Å². The highest BCUT2D eigenvalue weighted by atomic mass is 16.1. The van der Waals surface area contributed by atoms with Crippen LogP contribution in [-0.4, -0.2) is 42.5 Å². The molecule has 0 aliphatic heterocycles. The van der Waals surface area contributed by atoms with Gasteiger partial charge in [-0.2, -0.15) is 0 Å². The minimum Gasteiger partial charge on any atom is -0.368 e. The zero-order chi connectivity index (χ0) is 10.6. The van der Waals surface area contributed by atoms with Crippen molar-refractivity contribution in [2.24, 2.45) is 5.73 Å². The Hall–Kier alpha value is -0.610. The van der Waals surface area contributed by atoms with Gasteiger partial charge in [0, 0.05) is 19.1 Å². The number of nitrogens with one attached hydrogen (secondary N) is 1. The quantitative estimate of drug-likeness (QED) is 0.603. The Labute approximate surface area is 85.8 Å². The molecule has 3 N–H and O–H groups in total. The van der Waals surface area contributed by atoms with E-state index in [4.69, 9.17) is 5.73 Å². The fourth-order valence-electron chi connectivity index (χ4n) is 1.56. The number of carbonyl (C=O) groups is 1. The molecule has 1 saturated carbocycles. The Morgan fingerprint density at radius 3 is 2.71 bits per heavy atom. The maximum atomic E-state index is 10.7. The van der Waals surface area contributed by atoms with E-state index in [2.05, 4.69) is 17.1 Å². The molecule has 82 valence electrons. The molecule has 0 bridgehead atoms. The highest BCUT2D eigenvalue weighted by Crippen LogP contribution is 2.25. The molecule has 0 spiro atoms. The maximum absolute atomic E-state index is 10.7. The summed E-state index contributed by atoms with van der Waals surface area (Å²) in [6.45, 7) is 6.93. The van der Waals surface area contributed by atoms with E-state index in [0.717, 1.165) is 25.7 Å². The number of hydrogen-bond acceptors (Lipinski definition) is 3. The molecule has 4 nitrogen and oxygen atoms in total. The summed E-state index contributed by atoms with van der Waals surface area (Å²) in [4.78, 5) is 13.2. The average molecular weight is 199 g/mol. The van der Waals surface area contributed by atoms with Crippen molar-refractivity contribution < 1.29 is 4.79 Å². The molecular weight excluding hydrogens is 178 g/mol. The number of rotatable bonds is 7. The fraction of sp³-hybridized carbons (Fsp3) is 0.900. The number of carbonyl (C=O) groups excluding carboxylic acids is 1. The van der Waals surface area contributed by atoms with Crippen LogP contribution in [0.1, 0.15) is 26.7 Å². The van der Waals surface area contributed by atoms with E-state index >= 15 is 0 Å². The lowest BCUT2D eigenvalue weighted by atomic mass is 10.3. The fourth-order valence-corrected chi connectivity index (χ4v) is 1.56. The molecule has 0 radical (unpaired) electrons. The van der Waals surface area contributed by atoms with E-state index in [1.807, 2.05) is 0 Å². The molecule has 0 aromatic carbocycles. The Kier molecular flexibility index (Phi) is 4.35. The molecule has 1 atom stereocenters. The molecule has 1 aliphatic rings. The van der Waals surface area contributed by atoms with Gasteiger partial charge in [0.25, 0.3) is 0 Å². The van der Waals surface area contributed by atoms with Gasteiger partial charge >= 0.3 is 0 Å². The SMILES string of the molecule is CCN(CCNC(C)C(N)=O)C1CC1. The van der Waals surface area contributed by atoms with Crippen LogP contribution in [0.15, 0.2) is 0 Å². The van der Waals surface area contributed by atoms with Gasteiger partial charge in [0.05, 0.1) is 6.04 Å². The van der Waals surface area contributed by atoms with Gasteiger partial charge in [0.1, 0.15) is 0 Å². The second-order valence-corrected chi connectivity index (χ2v) is 3.94. The molecule has 4 heteroatoms. The van der Waals surface area contributed by atoms with Crippen molar-refractivity contribution in [2.75, 3.05) is 19.6 Å². The van der Waals surface area contributed by atoms with Crippen molar-refractivity contribution in [3.63, 3.8) is 0 Å². The van der Waals surface area contributed by atoms with Gasteiger partial charge in [-0.15, -0.1) is 0 Å². The number of hydrogen-bond donors (Lipinski definition) is 2. The van der Waals surface area contributed by atoms with E-state index in [1.165, 1.54) is 12.8 Å². The minimum absolute atomic E-state index is 0.215. The number of nitrogens with zero attached hydrogens (tertiary/aromatic N) is 1. The molecular formula is C10H21N3O. The minimum atomic E-state index is -0.278. The van der Waals surface area contributed by atoms with Crippen molar-refractivity contribution in [2.45, 2.75) is 38.8 Å². The summed E-state index contributed by atoms with van der Waals surface area (Å²) in [5.41, 5.74) is 5.14. The topological polar surface area (TPSA) is 58.4 Å². The van der Waals surface area contributed by atoms with Crippen molar-refractivity contribution >= 4 is 5.91 Å². The van der Waals surface area contributed by atoms with E-state index < -0.39 is 0 Å². The number of primary amides is 1. The molecule has 1 aliphatic carbocycles. The molecule has 0 heterocycles. The monoisotopic (exact) mass is 199 g/mol. The lowest BCUT2D eigenvalue weighted by Gasteiger charge is -2.20. The summed E-state index contributed by atoms with van der Waals surface area (Å²) in [6.07, 6.45) is 2.67. The van der Waals surface area contributed by atoms with Crippen LogP contribution in [0.3, 0.4) is 0 Å². The van der Waals surface area contributed by atoms with Gasteiger partial charge in [-0.3, -0.25) is 9.69 Å². The summed E-state index contributed by atoms with van der Waals surface area (Å²) in [5.74, 6) is -0.278. The summed E-state index contributed by atoms with van der Waals surface area (Å²) < 4.78 is 0. The lowest BCUT2D eigenvalue weighted by Crippen LogP contribution is -2.43. The van der Waals surface area contributed by atoms with Gasteiger partial charge in [0.15, 0.2) is 0 Å². The van der Waals surface area contributed by atoms with Crippen LogP contribution in [0.2, 0.25) is 0 Å². The predicted octanol–water partition coefficient (Wildman–Crippen LogP) is -0.0659. The van der Waals surface area contributed by atoms with Gasteiger partial charge < -0.3 is 11.1 Å².